The molecule has 15 heavy (non-hydrogen) atoms. The van der Waals surface area contributed by atoms with E-state index in [0.717, 1.165) is 0 Å². The van der Waals surface area contributed by atoms with Crippen molar-refractivity contribution in [2.75, 3.05) is 18.0 Å². The largest absolute Gasteiger partial charge is 0.372 e. The standard InChI is InChI=1S/C11H15N.3ClH/c1-3-7-11(8-4-1)12-9-5-2-6-10-12;;;/h1,3-4,7-8H,2,5-6,9-10H2;3*1H. The Kier molecular flexibility index (Phi) is 10.5. The maximum Gasteiger partial charge on any atom is 0.0366 e. The molecule has 2 rings (SSSR count). The van der Waals surface area contributed by atoms with E-state index in [1.54, 1.807) is 0 Å². The van der Waals surface area contributed by atoms with Crippen molar-refractivity contribution in [1.29, 1.82) is 0 Å². The van der Waals surface area contributed by atoms with Gasteiger partial charge >= 0.3 is 0 Å². The lowest BCUT2D eigenvalue weighted by molar-refractivity contribution is 0.578. The van der Waals surface area contributed by atoms with Gasteiger partial charge in [0.05, 0.1) is 0 Å². The molecule has 1 heterocycles. The monoisotopic (exact) mass is 269 g/mol. The van der Waals surface area contributed by atoms with Gasteiger partial charge in [0.1, 0.15) is 0 Å². The Morgan fingerprint density at radius 1 is 0.733 bits per heavy atom. The van der Waals surface area contributed by atoms with E-state index in [1.165, 1.54) is 38.0 Å². The molecule has 0 N–H and O–H groups in total. The van der Waals surface area contributed by atoms with Crippen molar-refractivity contribution in [3.05, 3.63) is 30.3 Å². The van der Waals surface area contributed by atoms with Crippen LogP contribution in [0.5, 0.6) is 0 Å². The Morgan fingerprint density at radius 3 is 1.80 bits per heavy atom. The fourth-order valence-corrected chi connectivity index (χ4v) is 1.79. The fourth-order valence-electron chi connectivity index (χ4n) is 1.79. The van der Waals surface area contributed by atoms with Crippen LogP contribution in [-0.2, 0) is 0 Å². The minimum atomic E-state index is 0. The summed E-state index contributed by atoms with van der Waals surface area (Å²) < 4.78 is 0. The predicted molar refractivity (Wildman–Crippen MR) is 74.3 cm³/mol. The summed E-state index contributed by atoms with van der Waals surface area (Å²) in [5.41, 5.74) is 1.39. The van der Waals surface area contributed by atoms with Crippen LogP contribution in [0.2, 0.25) is 0 Å². The molecule has 0 aliphatic carbocycles. The molecule has 0 bridgehead atoms. The molecular weight excluding hydrogens is 252 g/mol. The Morgan fingerprint density at radius 2 is 1.27 bits per heavy atom. The van der Waals surface area contributed by atoms with Gasteiger partial charge in [-0.1, -0.05) is 18.2 Å². The molecule has 1 aliphatic rings. The van der Waals surface area contributed by atoms with Crippen LogP contribution in [0.1, 0.15) is 19.3 Å². The number of para-hydroxylation sites is 1. The first-order valence-corrected chi connectivity index (χ1v) is 4.77. The molecule has 1 aliphatic heterocycles. The Balaban J connectivity index is 0. The molecular formula is C11H18Cl3N. The Bertz CT molecular complexity index is 235. The second-order valence-electron chi connectivity index (χ2n) is 3.38. The molecule has 1 aromatic rings. The average Bonchev–Trinajstić information content (AvgIpc) is 2.21. The van der Waals surface area contributed by atoms with E-state index < -0.39 is 0 Å². The van der Waals surface area contributed by atoms with Gasteiger partial charge in [-0.2, -0.15) is 0 Å². The number of hydrogen-bond donors (Lipinski definition) is 0. The Labute approximate surface area is 110 Å². The molecule has 1 nitrogen and oxygen atoms in total. The van der Waals surface area contributed by atoms with E-state index >= 15 is 0 Å². The van der Waals surface area contributed by atoms with Gasteiger partial charge in [-0.15, -0.1) is 37.2 Å². The van der Waals surface area contributed by atoms with Gasteiger partial charge in [0.2, 0.25) is 0 Å². The molecule has 0 unspecified atom stereocenters. The summed E-state index contributed by atoms with van der Waals surface area (Å²) in [6.07, 6.45) is 4.12. The van der Waals surface area contributed by atoms with Crippen molar-refractivity contribution in [3.63, 3.8) is 0 Å². The van der Waals surface area contributed by atoms with Crippen LogP contribution in [0.4, 0.5) is 5.69 Å². The van der Waals surface area contributed by atoms with E-state index in [9.17, 15) is 0 Å². The van der Waals surface area contributed by atoms with Crippen molar-refractivity contribution in [1.82, 2.24) is 0 Å². The van der Waals surface area contributed by atoms with Crippen LogP contribution < -0.4 is 4.90 Å². The topological polar surface area (TPSA) is 3.24 Å². The zero-order chi connectivity index (χ0) is 8.23. The molecule has 4 heteroatoms. The zero-order valence-electron chi connectivity index (χ0n) is 8.59. The van der Waals surface area contributed by atoms with Crippen molar-refractivity contribution in [2.45, 2.75) is 19.3 Å². The minimum Gasteiger partial charge on any atom is -0.372 e. The van der Waals surface area contributed by atoms with Gasteiger partial charge in [-0.05, 0) is 31.4 Å². The number of hydrogen-bond acceptors (Lipinski definition) is 1. The maximum atomic E-state index is 2.48. The molecule has 1 saturated heterocycles. The number of anilines is 1. The molecule has 1 fully saturated rings. The van der Waals surface area contributed by atoms with Gasteiger partial charge in [-0.25, -0.2) is 0 Å². The lowest BCUT2D eigenvalue weighted by Crippen LogP contribution is -2.29. The number of benzene rings is 1. The summed E-state index contributed by atoms with van der Waals surface area (Å²) in [7, 11) is 0. The predicted octanol–water partition coefficient (Wildman–Crippen LogP) is 3.94. The molecule has 0 amide bonds. The second kappa shape index (κ2) is 9.14. The third-order valence-corrected chi connectivity index (χ3v) is 2.48. The van der Waals surface area contributed by atoms with Crippen LogP contribution in [0, 0.1) is 0 Å². The highest BCUT2D eigenvalue weighted by atomic mass is 35.5. The first-order valence-electron chi connectivity index (χ1n) is 4.77. The lowest BCUT2D eigenvalue weighted by atomic mass is 10.1. The van der Waals surface area contributed by atoms with Gasteiger partial charge in [-0.3, -0.25) is 0 Å². The summed E-state index contributed by atoms with van der Waals surface area (Å²) in [5, 5.41) is 0. The highest BCUT2D eigenvalue weighted by Crippen LogP contribution is 2.18. The molecule has 0 aromatic heterocycles. The van der Waals surface area contributed by atoms with Gasteiger partial charge < -0.3 is 4.90 Å². The number of rotatable bonds is 1. The maximum absolute atomic E-state index is 2.48. The van der Waals surface area contributed by atoms with Crippen LogP contribution in [0.3, 0.4) is 0 Å². The minimum absolute atomic E-state index is 0. The van der Waals surface area contributed by atoms with Crippen LogP contribution in [-0.4, -0.2) is 13.1 Å². The zero-order valence-corrected chi connectivity index (χ0v) is 11.0. The highest BCUT2D eigenvalue weighted by molar-refractivity contribution is 5.86. The third kappa shape index (κ3) is 4.96. The summed E-state index contributed by atoms with van der Waals surface area (Å²) in [5.74, 6) is 0. The molecule has 0 spiro atoms. The van der Waals surface area contributed by atoms with Crippen molar-refractivity contribution in [2.24, 2.45) is 0 Å². The number of nitrogens with zero attached hydrogens (tertiary/aromatic N) is 1. The Hall–Kier alpha value is -0.110. The average molecular weight is 271 g/mol. The van der Waals surface area contributed by atoms with Gasteiger partial charge in [0.15, 0.2) is 0 Å². The van der Waals surface area contributed by atoms with Crippen LogP contribution >= 0.6 is 37.2 Å². The fraction of sp³-hybridized carbons (Fsp3) is 0.455. The number of piperidine rings is 1. The second-order valence-corrected chi connectivity index (χ2v) is 3.38. The van der Waals surface area contributed by atoms with E-state index in [4.69, 9.17) is 0 Å². The third-order valence-electron chi connectivity index (χ3n) is 2.48. The van der Waals surface area contributed by atoms with Gasteiger partial charge in [0, 0.05) is 18.8 Å². The summed E-state index contributed by atoms with van der Waals surface area (Å²) >= 11 is 0. The smallest absolute Gasteiger partial charge is 0.0366 e. The van der Waals surface area contributed by atoms with E-state index in [-0.39, 0.29) is 37.2 Å². The van der Waals surface area contributed by atoms with Crippen molar-refractivity contribution in [3.8, 4) is 0 Å². The first kappa shape index (κ1) is 17.3. The summed E-state index contributed by atoms with van der Waals surface area (Å²) in [6.45, 7) is 2.48. The molecule has 1 aromatic carbocycles. The lowest BCUT2D eigenvalue weighted by Gasteiger charge is -2.28. The molecule has 0 saturated carbocycles. The molecule has 88 valence electrons. The van der Waals surface area contributed by atoms with Gasteiger partial charge in [0.25, 0.3) is 0 Å². The van der Waals surface area contributed by atoms with Crippen LogP contribution in [0.15, 0.2) is 30.3 Å². The molecule has 0 radical (unpaired) electrons. The van der Waals surface area contributed by atoms with E-state index in [0.29, 0.717) is 0 Å². The number of halogens is 3. The summed E-state index contributed by atoms with van der Waals surface area (Å²) in [6, 6.07) is 10.7. The quantitative estimate of drug-likeness (QED) is 0.747. The van der Waals surface area contributed by atoms with Crippen molar-refractivity contribution < 1.29 is 0 Å². The molecule has 0 atom stereocenters. The highest BCUT2D eigenvalue weighted by Gasteiger charge is 2.09. The SMILES string of the molecule is Cl.Cl.Cl.c1ccc(N2CCCCC2)cc1. The van der Waals surface area contributed by atoms with E-state index in [2.05, 4.69) is 35.2 Å². The van der Waals surface area contributed by atoms with Crippen molar-refractivity contribution >= 4 is 42.9 Å². The van der Waals surface area contributed by atoms with Crippen LogP contribution in [0.25, 0.3) is 0 Å². The van der Waals surface area contributed by atoms with E-state index in [1.807, 2.05) is 0 Å². The first-order chi connectivity index (χ1) is 5.97. The normalized spacial score (nSPS) is 14.3. The summed E-state index contributed by atoms with van der Waals surface area (Å²) in [4.78, 5) is 2.48.